The lowest BCUT2D eigenvalue weighted by Crippen LogP contribution is -2.26. The molecule has 4 rings (SSSR count). The molecule has 4 N–H and O–H groups in total. The molecule has 1 heterocycles. The summed E-state index contributed by atoms with van der Waals surface area (Å²) in [5.41, 5.74) is 9.31. The van der Waals surface area contributed by atoms with Crippen LogP contribution >= 0.6 is 24.9 Å². The Hall–Kier alpha value is -3.48. The molecule has 2 unspecified atom stereocenters. The van der Waals surface area contributed by atoms with Crippen LogP contribution < -0.4 is 10.5 Å². The Kier molecular flexibility index (Phi) is 10.6. The molecule has 0 amide bonds. The largest absolute Gasteiger partial charge is 0.480 e. The second-order valence-electron chi connectivity index (χ2n) is 9.07. The van der Waals surface area contributed by atoms with Gasteiger partial charge in [-0.3, -0.25) is 0 Å². The van der Waals surface area contributed by atoms with Crippen LogP contribution in [0.4, 0.5) is 19.1 Å². The van der Waals surface area contributed by atoms with E-state index in [-0.39, 0.29) is 36.1 Å². The lowest BCUT2D eigenvalue weighted by atomic mass is 10.00. The van der Waals surface area contributed by atoms with Gasteiger partial charge in [0, 0.05) is 31.7 Å². The minimum absolute atomic E-state index is 0.132. The first-order valence-corrected chi connectivity index (χ1v) is 16.9. The third-order valence-corrected chi connectivity index (χ3v) is 8.37. The van der Waals surface area contributed by atoms with Crippen molar-refractivity contribution in [3.63, 3.8) is 0 Å². The van der Waals surface area contributed by atoms with E-state index in [4.69, 9.17) is 10.5 Å². The van der Waals surface area contributed by atoms with Crippen LogP contribution in [0.2, 0.25) is 0 Å². The Bertz CT molecular complexity index is 1560. The molecule has 218 valence electrons. The van der Waals surface area contributed by atoms with Crippen LogP contribution in [0.3, 0.4) is 0 Å². The summed E-state index contributed by atoms with van der Waals surface area (Å²) < 4.78 is 51.9. The molecule has 0 saturated carbocycles. The van der Waals surface area contributed by atoms with Crippen LogP contribution in [0, 0.1) is 0 Å². The van der Waals surface area contributed by atoms with E-state index < -0.39 is 24.3 Å². The van der Waals surface area contributed by atoms with Crippen molar-refractivity contribution in [2.24, 2.45) is 4.74 Å². The number of aliphatic hydroxyl groups excluding tert-OH is 1. The number of alkyl halides is 3. The van der Waals surface area contributed by atoms with E-state index >= 15 is 0 Å². The van der Waals surface area contributed by atoms with Gasteiger partial charge >= 0.3 is 12.1 Å². The van der Waals surface area contributed by atoms with Crippen LogP contribution in [0.25, 0.3) is 22.4 Å². The lowest BCUT2D eigenvalue weighted by Gasteiger charge is -2.22. The van der Waals surface area contributed by atoms with Crippen LogP contribution in [0.5, 0.6) is 5.88 Å². The number of hydrogen-bond acceptors (Lipinski definition) is 7. The van der Waals surface area contributed by atoms with Crippen molar-refractivity contribution in [1.82, 2.24) is 9.97 Å². The number of nitrogens with two attached hydrogens (primary N) is 1. The summed E-state index contributed by atoms with van der Waals surface area (Å²) in [7, 11) is 3.59. The zero-order valence-electron chi connectivity index (χ0n) is 21.9. The van der Waals surface area contributed by atoms with Gasteiger partial charge in [0.1, 0.15) is 0 Å². The Labute approximate surface area is 245 Å². The number of nitrogen functional groups attached to an aromatic ring is 1. The van der Waals surface area contributed by atoms with Gasteiger partial charge in [-0.15, -0.1) is 8.93 Å². The summed E-state index contributed by atoms with van der Waals surface area (Å²) in [4.78, 5) is 19.5. The van der Waals surface area contributed by atoms with Crippen molar-refractivity contribution >= 4 is 36.9 Å². The van der Waals surface area contributed by atoms with Crippen LogP contribution in [0.15, 0.2) is 83.6 Å². The Morgan fingerprint density at radius 3 is 2.31 bits per heavy atom. The third kappa shape index (κ3) is 8.30. The highest BCUT2D eigenvalue weighted by Crippen LogP contribution is 2.39. The zero-order valence-corrected chi connectivity index (χ0v) is 24.9. The third-order valence-electron chi connectivity index (χ3n) is 6.13. The van der Waals surface area contributed by atoms with E-state index in [0.717, 1.165) is 11.1 Å². The number of carboxylic acid groups (broad SMARTS) is 1. The van der Waals surface area contributed by atoms with Crippen molar-refractivity contribution < 1.29 is 32.9 Å². The zero-order chi connectivity index (χ0) is 30.3. The fourth-order valence-corrected chi connectivity index (χ4v) is 5.72. The number of carbonyl (C=O) groups is 1. The van der Waals surface area contributed by atoms with E-state index in [1.165, 1.54) is 18.2 Å². The smallest absolute Gasteiger partial charge is 0.429 e. The Morgan fingerprint density at radius 2 is 1.69 bits per heavy atom. The van der Waals surface area contributed by atoms with Crippen LogP contribution in [-0.4, -0.2) is 38.4 Å². The number of aliphatic hydroxyl groups is 1. The van der Waals surface area contributed by atoms with Gasteiger partial charge in [-0.05, 0) is 36.3 Å². The highest BCUT2D eigenvalue weighted by atomic mass is 32.4. The van der Waals surface area contributed by atoms with E-state index in [1.807, 2.05) is 0 Å². The van der Waals surface area contributed by atoms with Crippen molar-refractivity contribution in [2.75, 3.05) is 5.73 Å². The molecule has 1 aromatic heterocycles. The maximum Gasteiger partial charge on any atom is 0.429 e. The molecule has 0 aliphatic rings. The Balaban J connectivity index is 1.56. The van der Waals surface area contributed by atoms with E-state index in [1.54, 1.807) is 60.7 Å². The number of rotatable bonds is 11. The number of benzene rings is 3. The van der Waals surface area contributed by atoms with Gasteiger partial charge in [0.05, 0.1) is 12.3 Å². The van der Waals surface area contributed by atoms with Crippen molar-refractivity contribution in [3.05, 3.63) is 95.6 Å². The van der Waals surface area contributed by atoms with Crippen LogP contribution in [-0.2, 0) is 17.8 Å². The second-order valence-corrected chi connectivity index (χ2v) is 13.5. The first-order valence-electron chi connectivity index (χ1n) is 12.4. The van der Waals surface area contributed by atoms with Gasteiger partial charge in [0.25, 0.3) is 0 Å². The highest BCUT2D eigenvalue weighted by molar-refractivity contribution is 8.36. The molecule has 0 aliphatic heterocycles. The first-order chi connectivity index (χ1) is 20.1. The fraction of sp³-hybridized carbons (Fsp3) is 0.179. The average Bonchev–Trinajstić information content (AvgIpc) is 2.97. The molecule has 4 aromatic rings. The van der Waals surface area contributed by atoms with Gasteiger partial charge in [-0.2, -0.15) is 18.2 Å². The summed E-state index contributed by atoms with van der Waals surface area (Å²) in [5, 5.41) is 18.8. The van der Waals surface area contributed by atoms with Gasteiger partial charge in [0.15, 0.2) is 6.04 Å². The molecule has 4 atom stereocenters. The number of anilines is 1. The molecule has 0 fully saturated rings. The molecule has 0 saturated heterocycles. The number of carboxylic acids is 1. The maximum absolute atomic E-state index is 14.1. The first kappa shape index (κ1) is 31.5. The molecular formula is C28H26F3N4O4P3. The minimum atomic E-state index is -4.76. The molecular weight excluding hydrogens is 606 g/mol. The topological polar surface area (TPSA) is 131 Å². The summed E-state index contributed by atoms with van der Waals surface area (Å²) in [6.07, 6.45) is -6.89. The quantitative estimate of drug-likeness (QED) is 0.151. The minimum Gasteiger partial charge on any atom is -0.480 e. The van der Waals surface area contributed by atoms with Crippen molar-refractivity contribution in [3.8, 4) is 28.3 Å². The molecule has 3 aromatic carbocycles. The average molecular weight is 632 g/mol. The molecule has 8 nitrogen and oxygen atoms in total. The maximum atomic E-state index is 14.1. The van der Waals surface area contributed by atoms with E-state index in [9.17, 15) is 28.2 Å². The molecule has 14 heteroatoms. The number of nitrogens with zero attached hydrogens (tertiary/aromatic N) is 3. The van der Waals surface area contributed by atoms with Crippen molar-refractivity contribution in [2.45, 2.75) is 31.3 Å². The SMILES string of the molecule is Nc1nc(O[C@H](c2ccc(-c3cccc(CO)c3)cc2)C(F)(F)F)cc(-c2ccc(C[C@@H](N=PPP)C(=O)O)cc2)n1. The van der Waals surface area contributed by atoms with Gasteiger partial charge < -0.3 is 20.7 Å². The number of ether oxygens (including phenoxy) is 1. The van der Waals surface area contributed by atoms with E-state index in [0.29, 0.717) is 32.7 Å². The highest BCUT2D eigenvalue weighted by Gasteiger charge is 2.43. The number of hydrogen-bond donors (Lipinski definition) is 3. The number of halogens is 3. The molecule has 0 bridgehead atoms. The number of aromatic nitrogens is 2. The van der Waals surface area contributed by atoms with E-state index in [2.05, 4.69) is 23.6 Å². The monoisotopic (exact) mass is 632 g/mol. The molecule has 0 spiro atoms. The summed E-state index contributed by atoms with van der Waals surface area (Å²) in [6, 6.07) is 20.0. The molecule has 42 heavy (non-hydrogen) atoms. The summed E-state index contributed by atoms with van der Waals surface area (Å²) in [5.74, 6) is -1.65. The predicted octanol–water partition coefficient (Wildman–Crippen LogP) is 7.08. The predicted molar refractivity (Wildman–Crippen MR) is 162 cm³/mol. The number of aliphatic carboxylic acids is 1. The fourth-order valence-electron chi connectivity index (χ4n) is 4.11. The summed E-state index contributed by atoms with van der Waals surface area (Å²) in [6.45, 7) is -0.149. The molecule has 0 aliphatic carbocycles. The normalized spacial score (nSPS) is 13.5. The summed E-state index contributed by atoms with van der Waals surface area (Å²) >= 11 is 0. The molecule has 0 radical (unpaired) electrons. The Morgan fingerprint density at radius 1 is 1.00 bits per heavy atom. The second kappa shape index (κ2) is 14.1. The van der Waals surface area contributed by atoms with Gasteiger partial charge in [-0.1, -0.05) is 66.7 Å². The lowest BCUT2D eigenvalue weighted by molar-refractivity contribution is -0.198. The standard InChI is InChI=1S/C28H26F3N4O4P3/c29-28(30,31)25(20-10-8-18(9-11-20)21-3-1-2-17(12-21)15-36)39-24-14-22(33-27(32)34-24)19-6-4-16(5-7-19)13-23(26(37)38)35-41-42-40/h1-12,14,23,25,36,42H,13,15,40H2,(H,37,38)(H2,32,33,34)/t23-,25-/m1/s1. The van der Waals surface area contributed by atoms with Gasteiger partial charge in [-0.25, -0.2) is 14.5 Å². The van der Waals surface area contributed by atoms with Crippen LogP contribution in [0.1, 0.15) is 22.8 Å². The van der Waals surface area contributed by atoms with Gasteiger partial charge in [0.2, 0.25) is 17.9 Å². The van der Waals surface area contributed by atoms with Crippen molar-refractivity contribution in [1.29, 1.82) is 0 Å².